The van der Waals surface area contributed by atoms with Crippen LogP contribution in [0, 0.1) is 20.8 Å². The molecule has 0 unspecified atom stereocenters. The van der Waals surface area contributed by atoms with Gasteiger partial charge in [-0.3, -0.25) is 4.79 Å². The molecule has 0 bridgehead atoms. The lowest BCUT2D eigenvalue weighted by atomic mass is 10.1. The molecule has 0 aliphatic carbocycles. The summed E-state index contributed by atoms with van der Waals surface area (Å²) in [5, 5.41) is 12.3. The van der Waals surface area contributed by atoms with Crippen LogP contribution in [0.4, 0.5) is 5.00 Å². The normalized spacial score (nSPS) is 10.3. The third-order valence-corrected chi connectivity index (χ3v) is 3.97. The molecule has 1 amide bonds. The van der Waals surface area contributed by atoms with Crippen LogP contribution in [-0.4, -0.2) is 17.0 Å². The number of anilines is 1. The summed E-state index contributed by atoms with van der Waals surface area (Å²) in [7, 11) is 0. The smallest absolute Gasteiger partial charge is 0.346 e. The largest absolute Gasteiger partial charge is 0.477 e. The minimum Gasteiger partial charge on any atom is -0.477 e. The summed E-state index contributed by atoms with van der Waals surface area (Å²) in [5.74, 6) is -1.20. The molecule has 0 atom stereocenters. The molecule has 0 aliphatic heterocycles. The fourth-order valence-corrected chi connectivity index (χ4v) is 2.95. The maximum atomic E-state index is 12.2. The third kappa shape index (κ3) is 3.05. The molecule has 1 aromatic carbocycles. The number of hydrogen-bond donors (Lipinski definition) is 2. The van der Waals surface area contributed by atoms with Crippen LogP contribution in [0.1, 0.15) is 36.7 Å². The molecule has 2 N–H and O–H groups in total. The van der Waals surface area contributed by atoms with Gasteiger partial charge >= 0.3 is 5.97 Å². The van der Waals surface area contributed by atoms with Gasteiger partial charge in [-0.25, -0.2) is 4.79 Å². The zero-order valence-corrected chi connectivity index (χ0v) is 12.3. The van der Waals surface area contributed by atoms with Crippen molar-refractivity contribution in [1.82, 2.24) is 0 Å². The topological polar surface area (TPSA) is 66.4 Å². The number of carbonyl (C=O) groups is 2. The number of rotatable bonds is 3. The lowest BCUT2D eigenvalue weighted by molar-refractivity contribution is 0.0701. The lowest BCUT2D eigenvalue weighted by Gasteiger charge is -2.05. The number of aromatic carboxylic acids is 1. The molecule has 20 heavy (non-hydrogen) atoms. The van der Waals surface area contributed by atoms with Crippen LogP contribution in [-0.2, 0) is 0 Å². The second-order valence-electron chi connectivity index (χ2n) is 4.76. The highest BCUT2D eigenvalue weighted by Gasteiger charge is 2.14. The Labute approximate surface area is 121 Å². The van der Waals surface area contributed by atoms with Crippen molar-refractivity contribution in [2.75, 3.05) is 5.32 Å². The van der Waals surface area contributed by atoms with E-state index in [1.165, 1.54) is 0 Å². The van der Waals surface area contributed by atoms with Gasteiger partial charge in [-0.05, 0) is 44.5 Å². The zero-order chi connectivity index (χ0) is 14.9. The molecule has 0 saturated carbocycles. The number of benzene rings is 1. The van der Waals surface area contributed by atoms with E-state index in [9.17, 15) is 9.59 Å². The SMILES string of the molecule is Cc1cc(C)cc(C(=O)Nc2cc(C)c(C(=O)O)s2)c1. The van der Waals surface area contributed by atoms with Crippen molar-refractivity contribution in [3.8, 4) is 0 Å². The minimum absolute atomic E-state index is 0.227. The van der Waals surface area contributed by atoms with Crippen LogP contribution in [0.15, 0.2) is 24.3 Å². The number of carboxylic acid groups (broad SMARTS) is 1. The first-order valence-corrected chi connectivity index (χ1v) is 6.92. The predicted molar refractivity (Wildman–Crippen MR) is 79.9 cm³/mol. The van der Waals surface area contributed by atoms with E-state index >= 15 is 0 Å². The average molecular weight is 289 g/mol. The van der Waals surface area contributed by atoms with Crippen molar-refractivity contribution in [2.45, 2.75) is 20.8 Å². The van der Waals surface area contributed by atoms with E-state index in [0.717, 1.165) is 22.5 Å². The van der Waals surface area contributed by atoms with E-state index in [4.69, 9.17) is 5.11 Å². The van der Waals surface area contributed by atoms with Gasteiger partial charge in [-0.15, -0.1) is 11.3 Å². The zero-order valence-electron chi connectivity index (χ0n) is 11.5. The van der Waals surface area contributed by atoms with Gasteiger partial charge in [0.15, 0.2) is 0 Å². The molecule has 4 nitrogen and oxygen atoms in total. The van der Waals surface area contributed by atoms with Gasteiger partial charge in [0.05, 0.1) is 5.00 Å². The van der Waals surface area contributed by atoms with Crippen LogP contribution >= 0.6 is 11.3 Å². The van der Waals surface area contributed by atoms with Crippen LogP contribution in [0.3, 0.4) is 0 Å². The fraction of sp³-hybridized carbons (Fsp3) is 0.200. The van der Waals surface area contributed by atoms with Crippen molar-refractivity contribution in [3.63, 3.8) is 0 Å². The van der Waals surface area contributed by atoms with Gasteiger partial charge in [-0.2, -0.15) is 0 Å². The Bertz CT molecular complexity index is 668. The number of hydrogen-bond acceptors (Lipinski definition) is 3. The number of carboxylic acids is 1. The molecule has 2 aromatic rings. The summed E-state index contributed by atoms with van der Waals surface area (Å²) in [6.45, 7) is 5.58. The quantitative estimate of drug-likeness (QED) is 0.906. The molecule has 0 spiro atoms. The molecule has 5 heteroatoms. The van der Waals surface area contributed by atoms with E-state index < -0.39 is 5.97 Å². The van der Waals surface area contributed by atoms with Gasteiger partial charge < -0.3 is 10.4 Å². The number of nitrogens with one attached hydrogen (secondary N) is 1. The molecule has 2 rings (SSSR count). The number of amides is 1. The maximum Gasteiger partial charge on any atom is 0.346 e. The van der Waals surface area contributed by atoms with Gasteiger partial charge in [0, 0.05) is 5.56 Å². The van der Waals surface area contributed by atoms with Gasteiger partial charge in [0.2, 0.25) is 0 Å². The summed E-state index contributed by atoms with van der Waals surface area (Å²) in [5.41, 5.74) is 3.26. The summed E-state index contributed by atoms with van der Waals surface area (Å²) < 4.78 is 0. The van der Waals surface area contributed by atoms with Crippen LogP contribution in [0.25, 0.3) is 0 Å². The Balaban J connectivity index is 2.23. The monoisotopic (exact) mass is 289 g/mol. The Morgan fingerprint density at radius 2 is 1.65 bits per heavy atom. The van der Waals surface area contributed by atoms with Crippen molar-refractivity contribution in [3.05, 3.63) is 51.4 Å². The standard InChI is InChI=1S/C15H15NO3S/c1-8-4-9(2)6-11(5-8)14(17)16-12-7-10(3)13(20-12)15(18)19/h4-7H,1-3H3,(H,16,17)(H,18,19). The van der Waals surface area contributed by atoms with Crippen molar-refractivity contribution < 1.29 is 14.7 Å². The summed E-state index contributed by atoms with van der Waals surface area (Å²) in [6, 6.07) is 7.28. The first-order chi connectivity index (χ1) is 9.36. The second kappa shape index (κ2) is 5.46. The summed E-state index contributed by atoms with van der Waals surface area (Å²) >= 11 is 1.07. The van der Waals surface area contributed by atoms with Crippen molar-refractivity contribution >= 4 is 28.2 Å². The molecule has 0 aliphatic rings. The Morgan fingerprint density at radius 3 is 2.15 bits per heavy atom. The van der Waals surface area contributed by atoms with Crippen LogP contribution < -0.4 is 5.32 Å². The molecule has 0 fully saturated rings. The molecule has 0 saturated heterocycles. The maximum absolute atomic E-state index is 12.2. The molecule has 104 valence electrons. The van der Waals surface area contributed by atoms with Gasteiger partial charge in [0.1, 0.15) is 4.88 Å². The summed E-state index contributed by atoms with van der Waals surface area (Å²) in [6.07, 6.45) is 0. The number of aryl methyl sites for hydroxylation is 3. The predicted octanol–water partition coefficient (Wildman–Crippen LogP) is 3.62. The minimum atomic E-state index is -0.973. The first kappa shape index (κ1) is 14.3. The Hall–Kier alpha value is -2.14. The highest BCUT2D eigenvalue weighted by molar-refractivity contribution is 7.18. The fourth-order valence-electron chi connectivity index (χ4n) is 2.05. The molecule has 0 radical (unpaired) electrons. The van der Waals surface area contributed by atoms with E-state index in [0.29, 0.717) is 16.1 Å². The highest BCUT2D eigenvalue weighted by Crippen LogP contribution is 2.27. The van der Waals surface area contributed by atoms with Crippen LogP contribution in [0.5, 0.6) is 0 Å². The van der Waals surface area contributed by atoms with Crippen LogP contribution in [0.2, 0.25) is 0 Å². The van der Waals surface area contributed by atoms with E-state index in [2.05, 4.69) is 5.32 Å². The van der Waals surface area contributed by atoms with Crippen molar-refractivity contribution in [2.24, 2.45) is 0 Å². The lowest BCUT2D eigenvalue weighted by Crippen LogP contribution is -2.11. The average Bonchev–Trinajstić information content (AvgIpc) is 2.69. The molecule has 1 aromatic heterocycles. The molecular weight excluding hydrogens is 274 g/mol. The third-order valence-electron chi connectivity index (χ3n) is 2.83. The Kier molecular flexibility index (Phi) is 3.90. The van der Waals surface area contributed by atoms with Crippen molar-refractivity contribution in [1.29, 1.82) is 0 Å². The second-order valence-corrected chi connectivity index (χ2v) is 5.81. The molecular formula is C15H15NO3S. The van der Waals surface area contributed by atoms with Gasteiger partial charge in [0.25, 0.3) is 5.91 Å². The number of carbonyl (C=O) groups excluding carboxylic acids is 1. The highest BCUT2D eigenvalue weighted by atomic mass is 32.1. The van der Waals surface area contributed by atoms with E-state index in [-0.39, 0.29) is 10.8 Å². The molecule has 1 heterocycles. The first-order valence-electron chi connectivity index (χ1n) is 6.10. The Morgan fingerprint density at radius 1 is 1.05 bits per heavy atom. The van der Waals surface area contributed by atoms with Gasteiger partial charge in [-0.1, -0.05) is 17.2 Å². The summed E-state index contributed by atoms with van der Waals surface area (Å²) in [4.78, 5) is 23.4. The number of thiophene rings is 1. The van der Waals surface area contributed by atoms with E-state index in [1.807, 2.05) is 19.9 Å². The van der Waals surface area contributed by atoms with E-state index in [1.54, 1.807) is 25.1 Å².